The van der Waals surface area contributed by atoms with Crippen molar-refractivity contribution in [2.24, 2.45) is 5.92 Å². The van der Waals surface area contributed by atoms with E-state index in [1.54, 1.807) is 0 Å². The van der Waals surface area contributed by atoms with Crippen molar-refractivity contribution in [3.8, 4) is 6.07 Å². The third kappa shape index (κ3) is 3.79. The second-order valence-electron chi connectivity index (χ2n) is 7.28. The molecular formula is C19H21Cl2N3O3S. The van der Waals surface area contributed by atoms with Gasteiger partial charge >= 0.3 is 0 Å². The number of amides is 1. The standard InChI is InChI=1S/C19H21Cl2N3O3S/c1-12(2)16-11-23(7-6-22)19(25)18-5-3-4-17(16)24(18)28(26,27)15-9-13(20)8-14(21)10-15/h8-10,16-18H,1,3-5,7,11H2,2H3. The van der Waals surface area contributed by atoms with Crippen molar-refractivity contribution in [1.82, 2.24) is 9.21 Å². The first kappa shape index (κ1) is 21.1. The van der Waals surface area contributed by atoms with Gasteiger partial charge in [0.05, 0.1) is 11.0 Å². The minimum Gasteiger partial charge on any atom is -0.327 e. The molecule has 2 aliphatic rings. The molecule has 1 aromatic carbocycles. The summed E-state index contributed by atoms with van der Waals surface area (Å²) >= 11 is 12.1. The van der Waals surface area contributed by atoms with Gasteiger partial charge in [-0.3, -0.25) is 4.79 Å². The number of rotatable bonds is 4. The van der Waals surface area contributed by atoms with Gasteiger partial charge in [-0.2, -0.15) is 9.57 Å². The zero-order chi connectivity index (χ0) is 20.6. The Morgan fingerprint density at radius 1 is 1.29 bits per heavy atom. The van der Waals surface area contributed by atoms with E-state index in [0.29, 0.717) is 12.8 Å². The molecule has 3 rings (SSSR count). The second-order valence-corrected chi connectivity index (χ2v) is 10.00. The molecule has 2 aliphatic heterocycles. The molecule has 28 heavy (non-hydrogen) atoms. The lowest BCUT2D eigenvalue weighted by Gasteiger charge is -2.41. The van der Waals surface area contributed by atoms with Crippen LogP contribution in [0.2, 0.25) is 10.0 Å². The molecule has 1 amide bonds. The lowest BCUT2D eigenvalue weighted by atomic mass is 9.86. The molecule has 6 nitrogen and oxygen atoms in total. The highest BCUT2D eigenvalue weighted by molar-refractivity contribution is 7.89. The fourth-order valence-corrected chi connectivity index (χ4v) is 6.72. The van der Waals surface area contributed by atoms with Gasteiger partial charge in [-0.25, -0.2) is 8.42 Å². The summed E-state index contributed by atoms with van der Waals surface area (Å²) < 4.78 is 28.5. The van der Waals surface area contributed by atoms with Crippen LogP contribution >= 0.6 is 23.2 Å². The molecule has 2 bridgehead atoms. The maximum Gasteiger partial charge on any atom is 0.244 e. The molecule has 0 radical (unpaired) electrons. The Bertz CT molecular complexity index is 937. The summed E-state index contributed by atoms with van der Waals surface area (Å²) in [6, 6.07) is 4.90. The molecule has 2 fully saturated rings. The number of hydrogen-bond donors (Lipinski definition) is 0. The highest BCUT2D eigenvalue weighted by atomic mass is 35.5. The van der Waals surface area contributed by atoms with Gasteiger partial charge in [0.25, 0.3) is 0 Å². The van der Waals surface area contributed by atoms with Gasteiger partial charge in [-0.1, -0.05) is 35.4 Å². The van der Waals surface area contributed by atoms with Crippen LogP contribution in [-0.4, -0.2) is 48.7 Å². The smallest absolute Gasteiger partial charge is 0.244 e. The Labute approximate surface area is 175 Å². The summed E-state index contributed by atoms with van der Waals surface area (Å²) in [6.45, 7) is 6.05. The van der Waals surface area contributed by atoms with E-state index in [1.165, 1.54) is 27.4 Å². The monoisotopic (exact) mass is 441 g/mol. The average Bonchev–Trinajstić information content (AvgIpc) is 2.68. The van der Waals surface area contributed by atoms with E-state index in [0.717, 1.165) is 12.0 Å². The maximum atomic E-state index is 13.6. The van der Waals surface area contributed by atoms with Gasteiger partial charge in [0.2, 0.25) is 15.9 Å². The lowest BCUT2D eigenvalue weighted by molar-refractivity contribution is -0.134. The number of sulfonamides is 1. The number of carbonyl (C=O) groups excluding carboxylic acids is 1. The SMILES string of the molecule is C=C(C)C1CN(CC#N)C(=O)C2CCCC1N2S(=O)(=O)c1cc(Cl)cc(Cl)c1. The topological polar surface area (TPSA) is 81.5 Å². The van der Waals surface area contributed by atoms with Gasteiger partial charge in [-0.15, -0.1) is 0 Å². The summed E-state index contributed by atoms with van der Waals surface area (Å²) in [4.78, 5) is 14.5. The quantitative estimate of drug-likeness (QED) is 0.528. The molecule has 0 aromatic heterocycles. The number of nitrogens with zero attached hydrogens (tertiary/aromatic N) is 3. The Morgan fingerprint density at radius 3 is 2.50 bits per heavy atom. The normalized spacial score (nSPS) is 25.9. The van der Waals surface area contributed by atoms with E-state index < -0.39 is 22.1 Å². The van der Waals surface area contributed by atoms with Crippen LogP contribution in [0.3, 0.4) is 0 Å². The molecule has 9 heteroatoms. The third-order valence-electron chi connectivity index (χ3n) is 5.40. The van der Waals surface area contributed by atoms with E-state index >= 15 is 0 Å². The zero-order valence-corrected chi connectivity index (χ0v) is 17.8. The molecule has 0 aliphatic carbocycles. The van der Waals surface area contributed by atoms with Crippen molar-refractivity contribution in [2.45, 2.75) is 43.2 Å². The molecule has 150 valence electrons. The number of carbonyl (C=O) groups is 1. The summed E-state index contributed by atoms with van der Waals surface area (Å²) in [5.41, 5.74) is 0.785. The van der Waals surface area contributed by atoms with Crippen LogP contribution < -0.4 is 0 Å². The first-order valence-electron chi connectivity index (χ1n) is 8.97. The Balaban J connectivity index is 2.15. The van der Waals surface area contributed by atoms with Crippen molar-refractivity contribution < 1.29 is 13.2 Å². The van der Waals surface area contributed by atoms with Crippen molar-refractivity contribution >= 4 is 39.1 Å². The second kappa shape index (κ2) is 8.03. The Morgan fingerprint density at radius 2 is 1.93 bits per heavy atom. The highest BCUT2D eigenvalue weighted by Crippen LogP contribution is 2.39. The van der Waals surface area contributed by atoms with Crippen molar-refractivity contribution in [3.05, 3.63) is 40.4 Å². The molecule has 3 atom stereocenters. The predicted octanol–water partition coefficient (Wildman–Crippen LogP) is 3.46. The summed E-state index contributed by atoms with van der Waals surface area (Å²) in [7, 11) is -4.03. The fourth-order valence-electron chi connectivity index (χ4n) is 4.13. The maximum absolute atomic E-state index is 13.6. The van der Waals surface area contributed by atoms with Crippen molar-refractivity contribution in [1.29, 1.82) is 5.26 Å². The van der Waals surface area contributed by atoms with E-state index in [9.17, 15) is 13.2 Å². The zero-order valence-electron chi connectivity index (χ0n) is 15.4. The number of piperidine rings is 1. The van der Waals surface area contributed by atoms with E-state index in [2.05, 4.69) is 6.58 Å². The molecule has 0 N–H and O–H groups in total. The van der Waals surface area contributed by atoms with Gasteiger partial charge in [0.15, 0.2) is 0 Å². The van der Waals surface area contributed by atoms with Crippen LogP contribution in [0.1, 0.15) is 26.2 Å². The molecule has 2 saturated heterocycles. The number of benzene rings is 1. The van der Waals surface area contributed by atoms with Crippen LogP contribution in [-0.2, 0) is 14.8 Å². The largest absolute Gasteiger partial charge is 0.327 e. The van der Waals surface area contributed by atoms with Crippen LogP contribution in [0.25, 0.3) is 0 Å². The van der Waals surface area contributed by atoms with Crippen LogP contribution in [0.15, 0.2) is 35.2 Å². The van der Waals surface area contributed by atoms with Gasteiger partial charge in [-0.05, 0) is 44.4 Å². The van der Waals surface area contributed by atoms with Crippen LogP contribution in [0.5, 0.6) is 0 Å². The van der Waals surface area contributed by atoms with E-state index in [1.807, 2.05) is 13.0 Å². The summed E-state index contributed by atoms with van der Waals surface area (Å²) in [5, 5.41) is 9.55. The van der Waals surface area contributed by atoms with Crippen molar-refractivity contribution in [3.63, 3.8) is 0 Å². The first-order chi connectivity index (χ1) is 13.2. The number of fused-ring (bicyclic) bond motifs is 2. The average molecular weight is 442 g/mol. The molecule has 1 aromatic rings. The Hall–Kier alpha value is -1.59. The van der Waals surface area contributed by atoms with Gasteiger partial charge in [0, 0.05) is 28.5 Å². The first-order valence-corrected chi connectivity index (χ1v) is 11.2. The summed E-state index contributed by atoms with van der Waals surface area (Å²) in [6.07, 6.45) is 1.76. The summed E-state index contributed by atoms with van der Waals surface area (Å²) in [5.74, 6) is -0.598. The van der Waals surface area contributed by atoms with Crippen molar-refractivity contribution in [2.75, 3.05) is 13.1 Å². The van der Waals surface area contributed by atoms with Crippen LogP contribution in [0, 0.1) is 17.2 Å². The highest BCUT2D eigenvalue weighted by Gasteiger charge is 2.50. The van der Waals surface area contributed by atoms with E-state index in [-0.39, 0.29) is 39.9 Å². The number of hydrogen-bond acceptors (Lipinski definition) is 4. The minimum atomic E-state index is -4.03. The molecule has 0 saturated carbocycles. The number of nitriles is 1. The van der Waals surface area contributed by atoms with Crippen LogP contribution in [0.4, 0.5) is 0 Å². The predicted molar refractivity (Wildman–Crippen MR) is 107 cm³/mol. The number of halogens is 2. The minimum absolute atomic E-state index is 0.0381. The molecule has 3 unspecified atom stereocenters. The molecule has 0 spiro atoms. The molecule has 2 heterocycles. The van der Waals surface area contributed by atoms with Gasteiger partial charge in [0.1, 0.15) is 12.6 Å². The fraction of sp³-hybridized carbons (Fsp3) is 0.474. The Kier molecular flexibility index (Phi) is 6.06. The third-order valence-corrected chi connectivity index (χ3v) is 7.74. The molecular weight excluding hydrogens is 421 g/mol. The van der Waals surface area contributed by atoms with E-state index in [4.69, 9.17) is 28.5 Å². The lowest BCUT2D eigenvalue weighted by Crippen LogP contribution is -2.54. The van der Waals surface area contributed by atoms with Gasteiger partial charge < -0.3 is 4.90 Å².